The van der Waals surface area contributed by atoms with Gasteiger partial charge in [-0.05, 0) is 135 Å². The first-order valence-corrected chi connectivity index (χ1v) is 30.6. The Morgan fingerprint density at radius 1 is 0.333 bits per heavy atom. The second-order valence-corrected chi connectivity index (χ2v) is 22.9. The number of carbonyl (C=O) groups is 4. The minimum atomic E-state index is -0.850. The van der Waals surface area contributed by atoms with Gasteiger partial charge >= 0.3 is 23.9 Å². The fourth-order valence-electron chi connectivity index (χ4n) is 10.9. The molecule has 4 atom stereocenters. The molecule has 0 N–H and O–H groups in total. The molecule has 4 aliphatic rings. The SMILES string of the molecule is O=C1OC(Cc2ccc(F)c(Cl)c2)c2nc(Cl)nc(-c3ccco3)c21.O=C1OC(Cc2ccc(F)cc2F)c2nc(Cl)nc(-c3ccco3)c21.O=C1OC(Cc2ccccc2)c2nc(Cl)nc(-c3ccco3)c21.O=C1O[C@H](Cc2ccccc2)c2nc(Cl)nc(-c3ccco3)c21. The first kappa shape index (κ1) is 64.2. The fourth-order valence-corrected chi connectivity index (χ4v) is 11.8. The minimum Gasteiger partial charge on any atom is -0.463 e. The fraction of sp³-hybridized carbons (Fsp3) is 0.118. The van der Waals surface area contributed by atoms with E-state index in [1.807, 2.05) is 60.7 Å². The minimum absolute atomic E-state index is 0.000888. The van der Waals surface area contributed by atoms with Gasteiger partial charge in [0.2, 0.25) is 21.1 Å². The van der Waals surface area contributed by atoms with Crippen LogP contribution in [0.25, 0.3) is 45.8 Å². The molecular weight excluding hydrogens is 1360 g/mol. The van der Waals surface area contributed by atoms with Gasteiger partial charge in [0, 0.05) is 31.7 Å². The highest BCUT2D eigenvalue weighted by Crippen LogP contribution is 2.43. The molecule has 0 aliphatic carbocycles. The first-order valence-electron chi connectivity index (χ1n) is 28.7. The third-order valence-corrected chi connectivity index (χ3v) is 16.0. The van der Waals surface area contributed by atoms with E-state index >= 15 is 0 Å². The van der Waals surface area contributed by atoms with Crippen molar-refractivity contribution in [2.24, 2.45) is 0 Å². The monoisotopic (exact) mass is 1390 g/mol. The molecule has 96 heavy (non-hydrogen) atoms. The van der Waals surface area contributed by atoms with Crippen LogP contribution >= 0.6 is 58.0 Å². The number of benzene rings is 4. The van der Waals surface area contributed by atoms with Crippen molar-refractivity contribution < 1.29 is 69.0 Å². The van der Waals surface area contributed by atoms with Gasteiger partial charge in [-0.3, -0.25) is 0 Å². The van der Waals surface area contributed by atoms with Crippen LogP contribution in [0.5, 0.6) is 0 Å². The van der Waals surface area contributed by atoms with Gasteiger partial charge in [0.15, 0.2) is 23.0 Å². The summed E-state index contributed by atoms with van der Waals surface area (Å²) < 4.78 is 83.3. The van der Waals surface area contributed by atoms with Crippen LogP contribution in [0.2, 0.25) is 26.2 Å². The van der Waals surface area contributed by atoms with Crippen LogP contribution in [-0.2, 0) is 44.6 Å². The lowest BCUT2D eigenvalue weighted by Gasteiger charge is -2.11. The third kappa shape index (κ3) is 13.7. The van der Waals surface area contributed by atoms with Crippen LogP contribution in [0, 0.1) is 17.5 Å². The van der Waals surface area contributed by atoms with E-state index in [4.69, 9.17) is 94.6 Å². The molecule has 0 radical (unpaired) electrons. The zero-order chi connectivity index (χ0) is 66.7. The van der Waals surface area contributed by atoms with Gasteiger partial charge in [-0.2, -0.15) is 0 Å². The second-order valence-electron chi connectivity index (χ2n) is 21.2. The Kier molecular flexibility index (Phi) is 18.6. The normalized spacial score (nSPS) is 16.1. The molecule has 0 saturated carbocycles. The number of carbonyl (C=O) groups excluding carboxylic acids is 4. The number of halogens is 8. The highest BCUT2D eigenvalue weighted by Gasteiger charge is 2.42. The van der Waals surface area contributed by atoms with Crippen molar-refractivity contribution in [3.63, 3.8) is 0 Å². The lowest BCUT2D eigenvalue weighted by Crippen LogP contribution is -2.06. The number of cyclic esters (lactones) is 4. The standard InChI is InChI=1S/C17H9Cl2FN2O3.C17H9ClF2N2O3.2C17H11ClN2O3/c18-9-6-8(3-4-10(9)20)7-12-15-13(16(23)25-12)14(21-17(19)22-15)11-2-1-5-24-11;18-17-21-14(11-2-1-5-24-11)13-15(22-17)12(25-16(13)23)6-8-3-4-9(19)7-10(8)20;2*18-17-19-14(11-7-4-8-22-11)13-15(20-17)12(23-16(13)21)9-10-5-2-1-3-6-10/h1-6,12H,7H2;1-5,7,12H,6H2;2*1-8,12H,9H2/t;;12-;/m..1./s1. The van der Waals surface area contributed by atoms with Crippen molar-refractivity contribution in [3.05, 3.63) is 282 Å². The Labute approximate surface area is 564 Å². The van der Waals surface area contributed by atoms with E-state index < -0.39 is 65.7 Å². The van der Waals surface area contributed by atoms with Crippen LogP contribution in [0.1, 0.15) is 111 Å². The number of esters is 4. The molecule has 0 bridgehead atoms. The van der Waals surface area contributed by atoms with Crippen LogP contribution in [0.4, 0.5) is 13.2 Å². The lowest BCUT2D eigenvalue weighted by atomic mass is 10.0. The molecule has 0 amide bonds. The molecule has 28 heteroatoms. The maximum Gasteiger partial charge on any atom is 0.343 e. The molecule has 4 aromatic carbocycles. The van der Waals surface area contributed by atoms with E-state index in [0.717, 1.165) is 23.3 Å². The Bertz CT molecular complexity index is 4760. The Morgan fingerprint density at radius 2 is 0.667 bits per heavy atom. The largest absolute Gasteiger partial charge is 0.463 e. The van der Waals surface area contributed by atoms with E-state index in [9.17, 15) is 32.3 Å². The Balaban J connectivity index is 0.000000116. The van der Waals surface area contributed by atoms with Crippen LogP contribution in [0.3, 0.4) is 0 Å². The number of rotatable bonds is 12. The summed E-state index contributed by atoms with van der Waals surface area (Å²) in [5, 5.41) is 0.00989. The number of hydrogen-bond acceptors (Lipinski definition) is 20. The van der Waals surface area contributed by atoms with Crippen molar-refractivity contribution in [1.82, 2.24) is 39.9 Å². The molecule has 8 aromatic heterocycles. The molecule has 20 nitrogen and oxygen atoms in total. The second kappa shape index (κ2) is 27.8. The first-order chi connectivity index (χ1) is 46.5. The van der Waals surface area contributed by atoms with E-state index in [1.165, 1.54) is 43.3 Å². The van der Waals surface area contributed by atoms with Crippen LogP contribution in [0.15, 0.2) is 188 Å². The van der Waals surface area contributed by atoms with Gasteiger partial charge in [-0.1, -0.05) is 84.4 Å². The number of fused-ring (bicyclic) bond motifs is 4. The van der Waals surface area contributed by atoms with Gasteiger partial charge < -0.3 is 36.6 Å². The molecule has 16 rings (SSSR count). The topological polar surface area (TPSA) is 261 Å². The summed E-state index contributed by atoms with van der Waals surface area (Å²) in [7, 11) is 0. The zero-order valence-electron chi connectivity index (χ0n) is 48.8. The summed E-state index contributed by atoms with van der Waals surface area (Å²) in [6.45, 7) is 0. The number of ether oxygens (including phenoxy) is 4. The highest BCUT2D eigenvalue weighted by molar-refractivity contribution is 6.31. The summed E-state index contributed by atoms with van der Waals surface area (Å²) in [6, 6.07) is 40.5. The summed E-state index contributed by atoms with van der Waals surface area (Å²) in [4.78, 5) is 82.3. The highest BCUT2D eigenvalue weighted by atomic mass is 35.5. The van der Waals surface area contributed by atoms with Crippen LogP contribution < -0.4 is 0 Å². The van der Waals surface area contributed by atoms with Gasteiger partial charge in [0.1, 0.15) is 110 Å². The van der Waals surface area contributed by atoms with Crippen LogP contribution in [-0.4, -0.2) is 63.7 Å². The van der Waals surface area contributed by atoms with Crippen molar-refractivity contribution in [2.75, 3.05) is 0 Å². The molecule has 480 valence electrons. The van der Waals surface area contributed by atoms with Gasteiger partial charge in [0.25, 0.3) is 0 Å². The Morgan fingerprint density at radius 3 is 0.979 bits per heavy atom. The lowest BCUT2D eigenvalue weighted by molar-refractivity contribution is 0.0372. The summed E-state index contributed by atoms with van der Waals surface area (Å²) >= 11 is 29.8. The molecule has 0 fully saturated rings. The maximum absolute atomic E-state index is 13.9. The van der Waals surface area contributed by atoms with Crippen molar-refractivity contribution in [2.45, 2.75) is 50.1 Å². The van der Waals surface area contributed by atoms with Crippen molar-refractivity contribution in [1.29, 1.82) is 0 Å². The third-order valence-electron chi connectivity index (χ3n) is 15.0. The van der Waals surface area contributed by atoms with Gasteiger partial charge in [0.05, 0.1) is 30.1 Å². The van der Waals surface area contributed by atoms with Crippen molar-refractivity contribution >= 4 is 81.9 Å². The van der Waals surface area contributed by atoms with E-state index in [1.54, 1.807) is 54.6 Å². The average Bonchev–Trinajstić information content (AvgIpc) is 1.65. The quantitative estimate of drug-likeness (QED) is 0.0625. The molecule has 3 unspecified atom stereocenters. The smallest absolute Gasteiger partial charge is 0.343 e. The maximum atomic E-state index is 13.9. The van der Waals surface area contributed by atoms with E-state index in [-0.39, 0.29) is 72.8 Å². The summed E-state index contributed by atoms with van der Waals surface area (Å²) in [5.74, 6) is -2.39. The van der Waals surface area contributed by atoms with Gasteiger partial charge in [-0.25, -0.2) is 72.2 Å². The zero-order valence-corrected chi connectivity index (χ0v) is 52.6. The molecule has 12 aromatic rings. The summed E-state index contributed by atoms with van der Waals surface area (Å²) in [5.41, 5.74) is 6.85. The molecule has 12 heterocycles. The van der Waals surface area contributed by atoms with E-state index in [2.05, 4.69) is 39.9 Å². The number of furan rings is 4. The molecule has 0 saturated heterocycles. The molecule has 0 spiro atoms. The predicted molar refractivity (Wildman–Crippen MR) is 337 cm³/mol. The number of aromatic nitrogens is 8. The average molecular weight is 1400 g/mol. The summed E-state index contributed by atoms with van der Waals surface area (Å²) in [6.07, 6.45) is 4.80. The Hall–Kier alpha value is -10.6. The van der Waals surface area contributed by atoms with Crippen molar-refractivity contribution in [3.8, 4) is 45.8 Å². The predicted octanol–water partition coefficient (Wildman–Crippen LogP) is 16.4. The number of nitrogens with zero attached hydrogens (tertiary/aromatic N) is 8. The molecule has 4 aliphatic heterocycles. The van der Waals surface area contributed by atoms with E-state index in [0.29, 0.717) is 81.0 Å². The number of hydrogen-bond donors (Lipinski definition) is 0. The molecular formula is C68H40Cl5F3N8O12. The van der Waals surface area contributed by atoms with Gasteiger partial charge in [-0.15, -0.1) is 0 Å².